The molecule has 0 saturated carbocycles. The molecule has 4 nitrogen and oxygen atoms in total. The molecular formula is C14H18N2O2S. The molecule has 5 heteroatoms. The summed E-state index contributed by atoms with van der Waals surface area (Å²) in [6.07, 6.45) is 0. The first-order valence-electron chi connectivity index (χ1n) is 6.42. The molecular weight excluding hydrogens is 260 g/mol. The van der Waals surface area contributed by atoms with E-state index in [1.807, 2.05) is 19.1 Å². The third kappa shape index (κ3) is 2.22. The Labute approximate surface area is 114 Å². The summed E-state index contributed by atoms with van der Waals surface area (Å²) in [5.74, 6) is 0. The van der Waals surface area contributed by atoms with Crippen LogP contribution in [-0.4, -0.2) is 50.8 Å². The zero-order valence-electron chi connectivity index (χ0n) is 11.3. The molecule has 0 spiro atoms. The fourth-order valence-electron chi connectivity index (χ4n) is 2.77. The first-order valence-corrected chi connectivity index (χ1v) is 7.86. The summed E-state index contributed by atoms with van der Waals surface area (Å²) in [4.78, 5) is 2.62. The zero-order chi connectivity index (χ0) is 13.6. The van der Waals surface area contributed by atoms with E-state index in [2.05, 4.69) is 11.9 Å². The molecule has 0 fully saturated rings. The molecule has 0 bridgehead atoms. The van der Waals surface area contributed by atoms with Crippen LogP contribution in [-0.2, 0) is 10.0 Å². The van der Waals surface area contributed by atoms with Gasteiger partial charge in [0, 0.05) is 26.2 Å². The summed E-state index contributed by atoms with van der Waals surface area (Å²) < 4.78 is 26.7. The number of likely N-dealkylation sites (N-methyl/N-ethyl adjacent to an activating group) is 1. The van der Waals surface area contributed by atoms with Crippen LogP contribution in [0.5, 0.6) is 0 Å². The SMILES string of the molecule is Cc1ccc(S(=O)(=O)N2CC3=C(CN(C)C3)C2)cc1. The summed E-state index contributed by atoms with van der Waals surface area (Å²) in [7, 11) is -1.28. The van der Waals surface area contributed by atoms with Gasteiger partial charge in [0.05, 0.1) is 4.90 Å². The maximum atomic E-state index is 12.5. The smallest absolute Gasteiger partial charge is 0.243 e. The average molecular weight is 278 g/mol. The monoisotopic (exact) mass is 278 g/mol. The highest BCUT2D eigenvalue weighted by Gasteiger charge is 2.35. The van der Waals surface area contributed by atoms with Gasteiger partial charge in [-0.1, -0.05) is 17.7 Å². The minimum atomic E-state index is -3.34. The molecule has 1 aromatic rings. The number of hydrogen-bond acceptors (Lipinski definition) is 3. The number of rotatable bonds is 2. The molecule has 2 heterocycles. The van der Waals surface area contributed by atoms with E-state index in [1.165, 1.54) is 11.1 Å². The standard InChI is InChI=1S/C14H18N2O2S/c1-11-3-5-14(6-4-11)19(17,18)16-9-12-7-15(2)8-13(12)10-16/h3-6H,7-10H2,1-2H3. The van der Waals surface area contributed by atoms with Crippen LogP contribution in [0.4, 0.5) is 0 Å². The Bertz CT molecular complexity index is 614. The molecule has 0 radical (unpaired) electrons. The summed E-state index contributed by atoms with van der Waals surface area (Å²) in [6, 6.07) is 7.08. The number of benzene rings is 1. The van der Waals surface area contributed by atoms with E-state index in [0.717, 1.165) is 18.7 Å². The van der Waals surface area contributed by atoms with Crippen LogP contribution in [0.25, 0.3) is 0 Å². The Morgan fingerprint density at radius 1 is 0.947 bits per heavy atom. The minimum absolute atomic E-state index is 0.396. The minimum Gasteiger partial charge on any atom is -0.298 e. The molecule has 1 aromatic carbocycles. The van der Waals surface area contributed by atoms with Gasteiger partial charge >= 0.3 is 0 Å². The largest absolute Gasteiger partial charge is 0.298 e. The molecule has 3 rings (SSSR count). The number of hydrogen-bond donors (Lipinski definition) is 0. The number of sulfonamides is 1. The quantitative estimate of drug-likeness (QED) is 0.764. The Hall–Kier alpha value is -1.17. The summed E-state index contributed by atoms with van der Waals surface area (Å²) in [5.41, 5.74) is 3.62. The first-order chi connectivity index (χ1) is 8.96. The first kappa shape index (κ1) is 12.8. The predicted molar refractivity (Wildman–Crippen MR) is 74.5 cm³/mol. The van der Waals surface area contributed by atoms with E-state index in [0.29, 0.717) is 18.0 Å². The lowest BCUT2D eigenvalue weighted by molar-refractivity contribution is 0.389. The molecule has 0 aromatic heterocycles. The fraction of sp³-hybridized carbons (Fsp3) is 0.429. The van der Waals surface area contributed by atoms with Crippen molar-refractivity contribution in [3.05, 3.63) is 41.0 Å². The lowest BCUT2D eigenvalue weighted by Crippen LogP contribution is -2.33. The van der Waals surface area contributed by atoms with Gasteiger partial charge in [0.15, 0.2) is 0 Å². The van der Waals surface area contributed by atoms with Crippen molar-refractivity contribution in [3.8, 4) is 0 Å². The normalized spacial score (nSPS) is 21.2. The molecule has 0 N–H and O–H groups in total. The van der Waals surface area contributed by atoms with Gasteiger partial charge in [-0.2, -0.15) is 4.31 Å². The van der Waals surface area contributed by atoms with E-state index >= 15 is 0 Å². The Balaban J connectivity index is 1.82. The Morgan fingerprint density at radius 2 is 1.47 bits per heavy atom. The molecule has 2 aliphatic rings. The second-order valence-corrected chi connectivity index (χ2v) is 7.40. The fourth-order valence-corrected chi connectivity index (χ4v) is 4.20. The third-order valence-corrected chi connectivity index (χ3v) is 5.62. The highest BCUT2D eigenvalue weighted by atomic mass is 32.2. The average Bonchev–Trinajstić information content (AvgIpc) is 2.87. The van der Waals surface area contributed by atoms with Crippen LogP contribution in [0.1, 0.15) is 5.56 Å². The van der Waals surface area contributed by atoms with E-state index in [4.69, 9.17) is 0 Å². The second kappa shape index (κ2) is 4.44. The van der Waals surface area contributed by atoms with Crippen LogP contribution in [0.3, 0.4) is 0 Å². The van der Waals surface area contributed by atoms with Crippen molar-refractivity contribution in [3.63, 3.8) is 0 Å². The number of aryl methyl sites for hydroxylation is 1. The van der Waals surface area contributed by atoms with Crippen molar-refractivity contribution in [1.82, 2.24) is 9.21 Å². The van der Waals surface area contributed by atoms with E-state index < -0.39 is 10.0 Å². The molecule has 0 saturated heterocycles. The Morgan fingerprint density at radius 3 is 2.00 bits per heavy atom. The van der Waals surface area contributed by atoms with Crippen molar-refractivity contribution in [2.45, 2.75) is 11.8 Å². The second-order valence-electron chi connectivity index (χ2n) is 5.47. The maximum absolute atomic E-state index is 12.5. The summed E-state index contributed by atoms with van der Waals surface area (Å²) in [5, 5.41) is 0. The highest BCUT2D eigenvalue weighted by Crippen LogP contribution is 2.29. The molecule has 0 aliphatic carbocycles. The number of nitrogens with zero attached hydrogens (tertiary/aromatic N) is 2. The molecule has 19 heavy (non-hydrogen) atoms. The van der Waals surface area contributed by atoms with Crippen LogP contribution < -0.4 is 0 Å². The van der Waals surface area contributed by atoms with Crippen LogP contribution in [0.15, 0.2) is 40.3 Å². The van der Waals surface area contributed by atoms with Crippen molar-refractivity contribution >= 4 is 10.0 Å². The summed E-state index contributed by atoms with van der Waals surface area (Å²) >= 11 is 0. The van der Waals surface area contributed by atoms with Crippen LogP contribution >= 0.6 is 0 Å². The van der Waals surface area contributed by atoms with Gasteiger partial charge in [0.2, 0.25) is 10.0 Å². The van der Waals surface area contributed by atoms with Crippen molar-refractivity contribution in [2.24, 2.45) is 0 Å². The van der Waals surface area contributed by atoms with Gasteiger partial charge < -0.3 is 0 Å². The molecule has 0 atom stereocenters. The predicted octanol–water partition coefficient (Wildman–Crippen LogP) is 1.24. The van der Waals surface area contributed by atoms with Gasteiger partial charge in [0.1, 0.15) is 0 Å². The van der Waals surface area contributed by atoms with E-state index in [9.17, 15) is 8.42 Å². The highest BCUT2D eigenvalue weighted by molar-refractivity contribution is 7.89. The van der Waals surface area contributed by atoms with E-state index in [-0.39, 0.29) is 0 Å². The zero-order valence-corrected chi connectivity index (χ0v) is 12.1. The molecule has 2 aliphatic heterocycles. The van der Waals surface area contributed by atoms with Crippen LogP contribution in [0, 0.1) is 6.92 Å². The Kier molecular flexibility index (Phi) is 3.00. The lowest BCUT2D eigenvalue weighted by atomic mass is 10.2. The molecule has 102 valence electrons. The van der Waals surface area contributed by atoms with Gasteiger partial charge in [-0.05, 0) is 37.3 Å². The topological polar surface area (TPSA) is 40.6 Å². The lowest BCUT2D eigenvalue weighted by Gasteiger charge is -2.20. The molecule has 0 amide bonds. The van der Waals surface area contributed by atoms with Crippen molar-refractivity contribution < 1.29 is 8.42 Å². The van der Waals surface area contributed by atoms with Gasteiger partial charge in [0.25, 0.3) is 0 Å². The van der Waals surface area contributed by atoms with Gasteiger partial charge in [-0.15, -0.1) is 0 Å². The van der Waals surface area contributed by atoms with Crippen molar-refractivity contribution in [1.29, 1.82) is 0 Å². The van der Waals surface area contributed by atoms with Crippen LogP contribution in [0.2, 0.25) is 0 Å². The van der Waals surface area contributed by atoms with Gasteiger partial charge in [-0.3, -0.25) is 4.90 Å². The van der Waals surface area contributed by atoms with E-state index in [1.54, 1.807) is 16.4 Å². The molecule has 0 unspecified atom stereocenters. The third-order valence-electron chi connectivity index (χ3n) is 3.81. The van der Waals surface area contributed by atoms with Gasteiger partial charge in [-0.25, -0.2) is 8.42 Å². The summed E-state index contributed by atoms with van der Waals surface area (Å²) in [6.45, 7) is 4.86. The maximum Gasteiger partial charge on any atom is 0.243 e. The van der Waals surface area contributed by atoms with Crippen molar-refractivity contribution in [2.75, 3.05) is 33.2 Å².